The van der Waals surface area contributed by atoms with E-state index in [1.807, 2.05) is 54.6 Å². The van der Waals surface area contributed by atoms with Crippen LogP contribution in [0.4, 0.5) is 0 Å². The molecule has 0 aliphatic heterocycles. The number of nitrogens with one attached hydrogen (secondary N) is 1. The van der Waals surface area contributed by atoms with Crippen LogP contribution in [0.5, 0.6) is 5.75 Å². The highest BCUT2D eigenvalue weighted by Crippen LogP contribution is 2.29. The number of rotatable bonds is 8. The van der Waals surface area contributed by atoms with E-state index in [0.717, 1.165) is 27.7 Å². The minimum atomic E-state index is -0.872. The maximum atomic E-state index is 11.2. The molecule has 2 N–H and O–H groups in total. The predicted octanol–water partition coefficient (Wildman–Crippen LogP) is 4.90. The molecule has 0 fully saturated rings. The van der Waals surface area contributed by atoms with Crippen molar-refractivity contribution in [2.45, 2.75) is 31.8 Å². The van der Waals surface area contributed by atoms with Gasteiger partial charge in [0.05, 0.1) is 24.1 Å². The summed E-state index contributed by atoms with van der Waals surface area (Å²) in [5, 5.41) is 17.3. The molecule has 4 rings (SSSR count). The Bertz CT molecular complexity index is 1250. The molecule has 0 unspecified atom stereocenters. The maximum Gasteiger partial charge on any atom is 0.304 e. The number of aromatic nitrogens is 3. The quantitative estimate of drug-likeness (QED) is 0.392. The number of hydrogen-bond acceptors (Lipinski definition) is 4. The van der Waals surface area contributed by atoms with Crippen molar-refractivity contribution in [3.63, 3.8) is 0 Å². The summed E-state index contributed by atoms with van der Waals surface area (Å²) in [6, 6.07) is 19.4. The molecule has 0 amide bonds. The average molecular weight is 425 g/mol. The van der Waals surface area contributed by atoms with Crippen molar-refractivity contribution in [1.82, 2.24) is 15.2 Å². The number of ether oxygens (including phenoxy) is 1. The lowest BCUT2D eigenvalue weighted by atomic mass is 9.96. The number of nitrogens with zero attached hydrogens (tertiary/aromatic N) is 2. The van der Waals surface area contributed by atoms with E-state index in [0.29, 0.717) is 12.2 Å². The molecule has 0 aliphatic carbocycles. The van der Waals surface area contributed by atoms with Gasteiger partial charge in [-0.25, -0.2) is 0 Å². The van der Waals surface area contributed by atoms with Crippen molar-refractivity contribution >= 4 is 16.9 Å². The van der Waals surface area contributed by atoms with Crippen LogP contribution in [0.2, 0.25) is 0 Å². The maximum absolute atomic E-state index is 11.2. The molecule has 6 heteroatoms. The summed E-state index contributed by atoms with van der Waals surface area (Å²) in [6.45, 7) is 1.71. The zero-order valence-electron chi connectivity index (χ0n) is 17.7. The zero-order valence-corrected chi connectivity index (χ0v) is 17.7. The fourth-order valence-corrected chi connectivity index (χ4v) is 3.64. The van der Waals surface area contributed by atoms with Gasteiger partial charge in [0.15, 0.2) is 0 Å². The number of carboxylic acids is 1. The summed E-state index contributed by atoms with van der Waals surface area (Å²) >= 11 is 0. The molecule has 0 saturated carbocycles. The zero-order chi connectivity index (χ0) is 22.3. The van der Waals surface area contributed by atoms with Crippen molar-refractivity contribution in [3.8, 4) is 17.6 Å². The van der Waals surface area contributed by atoms with Gasteiger partial charge in [-0.1, -0.05) is 30.2 Å². The predicted molar refractivity (Wildman–Crippen MR) is 122 cm³/mol. The molecule has 0 saturated heterocycles. The molecule has 2 atom stereocenters. The Labute approximate surface area is 186 Å². The van der Waals surface area contributed by atoms with Crippen LogP contribution in [0.1, 0.15) is 42.2 Å². The van der Waals surface area contributed by atoms with Gasteiger partial charge < -0.3 is 9.84 Å². The van der Waals surface area contributed by atoms with Crippen LogP contribution < -0.4 is 4.74 Å². The summed E-state index contributed by atoms with van der Waals surface area (Å²) in [4.78, 5) is 15.6. The highest BCUT2D eigenvalue weighted by molar-refractivity contribution is 5.78. The van der Waals surface area contributed by atoms with Crippen LogP contribution in [0, 0.1) is 11.8 Å². The molecular formula is C26H23N3O3. The van der Waals surface area contributed by atoms with E-state index in [-0.39, 0.29) is 18.4 Å². The van der Waals surface area contributed by atoms with Gasteiger partial charge in [-0.05, 0) is 54.4 Å². The molecule has 0 radical (unpaired) electrons. The second-order valence-electron chi connectivity index (χ2n) is 7.46. The SMILES string of the molecule is CC#C[C@@H](CC(=O)O)c1ccc(O[C@@H](Cc2ccccn2)c2ccc3[nH]ncc3c2)cc1. The van der Waals surface area contributed by atoms with Crippen LogP contribution in [0.15, 0.2) is 73.1 Å². The molecule has 32 heavy (non-hydrogen) atoms. The third-order valence-corrected chi connectivity index (χ3v) is 5.21. The Morgan fingerprint density at radius 1 is 1.12 bits per heavy atom. The smallest absolute Gasteiger partial charge is 0.304 e. The van der Waals surface area contributed by atoms with Gasteiger partial charge in [0.2, 0.25) is 0 Å². The normalized spacial score (nSPS) is 12.5. The molecule has 4 aromatic rings. The highest BCUT2D eigenvalue weighted by Gasteiger charge is 2.18. The first-order valence-corrected chi connectivity index (χ1v) is 10.4. The number of carbonyl (C=O) groups is 1. The topological polar surface area (TPSA) is 88.1 Å². The molecule has 2 heterocycles. The van der Waals surface area contributed by atoms with Gasteiger partial charge in [0.25, 0.3) is 0 Å². The van der Waals surface area contributed by atoms with Gasteiger partial charge in [0, 0.05) is 23.7 Å². The second kappa shape index (κ2) is 9.80. The standard InChI is InChI=1S/C26H23N3O3/c1-2-5-19(15-26(30)31)18-7-10-23(11-8-18)32-25(16-22-6-3-4-13-27-22)20-9-12-24-21(14-20)17-28-29-24/h3-4,6-14,17,19,25H,15-16H2,1H3,(H,28,29)(H,30,31)/t19-,25-/m0/s1. The summed E-state index contributed by atoms with van der Waals surface area (Å²) in [5.41, 5.74) is 3.78. The number of pyridine rings is 1. The van der Waals surface area contributed by atoms with E-state index in [1.165, 1.54) is 0 Å². The number of aromatic amines is 1. The minimum Gasteiger partial charge on any atom is -0.485 e. The number of hydrogen-bond donors (Lipinski definition) is 2. The van der Waals surface area contributed by atoms with Gasteiger partial charge in [-0.2, -0.15) is 5.10 Å². The van der Waals surface area contributed by atoms with Crippen molar-refractivity contribution in [1.29, 1.82) is 0 Å². The summed E-state index contributed by atoms with van der Waals surface area (Å²) < 4.78 is 6.38. The summed E-state index contributed by atoms with van der Waals surface area (Å²) in [6.07, 6.45) is 3.89. The minimum absolute atomic E-state index is 0.0337. The Morgan fingerprint density at radius 3 is 2.66 bits per heavy atom. The Hall–Kier alpha value is -4.11. The fourth-order valence-electron chi connectivity index (χ4n) is 3.64. The Kier molecular flexibility index (Phi) is 6.47. The van der Waals surface area contributed by atoms with E-state index >= 15 is 0 Å². The third kappa shape index (κ3) is 5.13. The molecule has 0 spiro atoms. The number of carboxylic acid groups (broad SMARTS) is 1. The van der Waals surface area contributed by atoms with Crippen molar-refractivity contribution in [3.05, 3.63) is 89.9 Å². The van der Waals surface area contributed by atoms with E-state index < -0.39 is 5.97 Å². The van der Waals surface area contributed by atoms with E-state index in [2.05, 4.69) is 33.1 Å². The van der Waals surface area contributed by atoms with Gasteiger partial charge in [-0.15, -0.1) is 5.92 Å². The molecule has 0 bridgehead atoms. The summed E-state index contributed by atoms with van der Waals surface area (Å²) in [5.74, 6) is 5.27. The summed E-state index contributed by atoms with van der Waals surface area (Å²) in [7, 11) is 0. The van der Waals surface area contributed by atoms with Crippen LogP contribution in [-0.2, 0) is 11.2 Å². The van der Waals surface area contributed by atoms with Crippen molar-refractivity contribution < 1.29 is 14.6 Å². The van der Waals surface area contributed by atoms with Gasteiger partial charge in [-0.3, -0.25) is 14.9 Å². The number of benzene rings is 2. The van der Waals surface area contributed by atoms with Gasteiger partial charge in [0.1, 0.15) is 11.9 Å². The number of fused-ring (bicyclic) bond motifs is 1. The molecule has 2 aromatic carbocycles. The largest absolute Gasteiger partial charge is 0.485 e. The molecule has 160 valence electrons. The third-order valence-electron chi connectivity index (χ3n) is 5.21. The first-order chi connectivity index (χ1) is 15.6. The lowest BCUT2D eigenvalue weighted by molar-refractivity contribution is -0.137. The lowest BCUT2D eigenvalue weighted by Crippen LogP contribution is -2.12. The lowest BCUT2D eigenvalue weighted by Gasteiger charge is -2.20. The molecule has 6 nitrogen and oxygen atoms in total. The number of aliphatic carboxylic acids is 1. The van der Waals surface area contributed by atoms with Gasteiger partial charge >= 0.3 is 5.97 Å². The fraction of sp³-hybridized carbons (Fsp3) is 0.192. The first kappa shape index (κ1) is 21.1. The van der Waals surface area contributed by atoms with Crippen LogP contribution in [0.25, 0.3) is 10.9 Å². The van der Waals surface area contributed by atoms with Crippen molar-refractivity contribution in [2.75, 3.05) is 0 Å². The highest BCUT2D eigenvalue weighted by atomic mass is 16.5. The van der Waals surface area contributed by atoms with Crippen molar-refractivity contribution in [2.24, 2.45) is 0 Å². The molecule has 2 aromatic heterocycles. The van der Waals surface area contributed by atoms with Crippen LogP contribution >= 0.6 is 0 Å². The van der Waals surface area contributed by atoms with E-state index in [1.54, 1.807) is 19.3 Å². The first-order valence-electron chi connectivity index (χ1n) is 10.4. The van der Waals surface area contributed by atoms with Crippen LogP contribution in [-0.4, -0.2) is 26.3 Å². The van der Waals surface area contributed by atoms with Crippen LogP contribution in [0.3, 0.4) is 0 Å². The average Bonchev–Trinajstić information content (AvgIpc) is 3.27. The molecular weight excluding hydrogens is 402 g/mol. The van der Waals surface area contributed by atoms with E-state index in [9.17, 15) is 4.79 Å². The number of H-pyrrole nitrogens is 1. The Balaban J connectivity index is 1.60. The second-order valence-corrected chi connectivity index (χ2v) is 7.46. The monoisotopic (exact) mass is 425 g/mol. The Morgan fingerprint density at radius 2 is 1.94 bits per heavy atom. The molecule has 0 aliphatic rings. The van der Waals surface area contributed by atoms with E-state index in [4.69, 9.17) is 9.84 Å².